The molecule has 1 aliphatic rings. The Hall–Kier alpha value is -3.09. The van der Waals surface area contributed by atoms with Crippen molar-refractivity contribution >= 4 is 25.5 Å². The van der Waals surface area contributed by atoms with E-state index >= 15 is 0 Å². The number of nitrogens with one attached hydrogen (secondary N) is 2. The number of carbonyl (C=O) groups is 1. The van der Waals surface area contributed by atoms with Crippen molar-refractivity contribution < 1.29 is 4.79 Å². The molecule has 0 saturated heterocycles. The molecule has 1 aromatic heterocycles. The number of amides is 1. The van der Waals surface area contributed by atoms with Crippen LogP contribution in [0.25, 0.3) is 11.4 Å². The van der Waals surface area contributed by atoms with E-state index in [0.29, 0.717) is 17.3 Å². The minimum Gasteiger partial charge on any atom is -0.345 e. The van der Waals surface area contributed by atoms with Crippen LogP contribution in [0.1, 0.15) is 40.0 Å². The Bertz CT molecular complexity index is 1030. The van der Waals surface area contributed by atoms with Crippen LogP contribution < -0.4 is 10.6 Å². The molecule has 0 aliphatic carbocycles. The molecule has 0 saturated carbocycles. The van der Waals surface area contributed by atoms with Gasteiger partial charge in [0.15, 0.2) is 5.82 Å². The predicted octanol–water partition coefficient (Wildman–Crippen LogP) is 3.04. The molecule has 7 heteroatoms. The first kappa shape index (κ1) is 16.4. The van der Waals surface area contributed by atoms with E-state index in [1.165, 1.54) is 4.59 Å². The number of anilines is 2. The largest absolute Gasteiger partial charge is 0.345 e. The average molecular weight is 343 g/mol. The lowest BCUT2D eigenvalue weighted by Gasteiger charge is -2.08. The summed E-state index contributed by atoms with van der Waals surface area (Å²) in [5.41, 5.74) is 5.64. The second-order valence-corrected chi connectivity index (χ2v) is 6.64. The molecular formula is C19H18BN5O. The molecule has 2 radical (unpaired) electrons. The predicted molar refractivity (Wildman–Crippen MR) is 102 cm³/mol. The molecular weight excluding hydrogens is 325 g/mol. The van der Waals surface area contributed by atoms with Crippen LogP contribution in [0.4, 0.5) is 11.6 Å². The van der Waals surface area contributed by atoms with Crippen LogP contribution in [0, 0.1) is 13.8 Å². The number of hydrogen-bond acceptors (Lipinski definition) is 4. The van der Waals surface area contributed by atoms with E-state index in [4.69, 9.17) is 7.98 Å². The normalized spacial score (nSPS) is 15.7. The highest BCUT2D eigenvalue weighted by Gasteiger charge is 2.25. The first-order valence-corrected chi connectivity index (χ1v) is 8.44. The number of aryl methyl sites for hydroxylation is 2. The summed E-state index contributed by atoms with van der Waals surface area (Å²) in [6, 6.07) is 11.7. The van der Waals surface area contributed by atoms with E-state index < -0.39 is 0 Å². The quantitative estimate of drug-likeness (QED) is 0.717. The van der Waals surface area contributed by atoms with Crippen molar-refractivity contribution in [2.75, 3.05) is 5.32 Å². The molecule has 128 valence electrons. The minimum atomic E-state index is -0.0433. The monoisotopic (exact) mass is 343 g/mol. The van der Waals surface area contributed by atoms with Gasteiger partial charge in [0.05, 0.1) is 6.04 Å². The van der Waals surface area contributed by atoms with Crippen LogP contribution in [0.2, 0.25) is 0 Å². The maximum absolute atomic E-state index is 11.8. The summed E-state index contributed by atoms with van der Waals surface area (Å²) in [6.45, 7) is 6.01. The number of benzene rings is 2. The number of rotatable bonds is 3. The standard InChI is InChI=1S/C19H18BN5O/c1-10-4-5-11(2)15(8-10)17-23-19(25(20)24-17)22-13-6-7-14-16(9-13)12(3)21-18(14)26/h4-9,12H,1-3H3,(H,21,26)(H,22,23,24). The molecule has 4 rings (SSSR count). The molecule has 6 nitrogen and oxygen atoms in total. The van der Waals surface area contributed by atoms with Crippen LogP contribution in [-0.4, -0.2) is 28.6 Å². The fraction of sp³-hybridized carbons (Fsp3) is 0.211. The van der Waals surface area contributed by atoms with Gasteiger partial charge < -0.3 is 10.6 Å². The molecule has 2 heterocycles. The third-order valence-corrected chi connectivity index (χ3v) is 4.63. The zero-order chi connectivity index (χ0) is 18.4. The van der Waals surface area contributed by atoms with E-state index in [9.17, 15) is 4.79 Å². The number of aromatic nitrogens is 3. The summed E-state index contributed by atoms with van der Waals surface area (Å²) < 4.78 is 1.23. The average Bonchev–Trinajstić information content (AvgIpc) is 3.10. The second-order valence-electron chi connectivity index (χ2n) is 6.64. The van der Waals surface area contributed by atoms with Gasteiger partial charge in [-0.2, -0.15) is 10.1 Å². The summed E-state index contributed by atoms with van der Waals surface area (Å²) in [4.78, 5) is 16.4. The third-order valence-electron chi connectivity index (χ3n) is 4.63. The number of hydrogen-bond donors (Lipinski definition) is 2. The molecule has 0 spiro atoms. The van der Waals surface area contributed by atoms with Crippen molar-refractivity contribution in [3.8, 4) is 11.4 Å². The van der Waals surface area contributed by atoms with Crippen molar-refractivity contribution in [1.82, 2.24) is 20.0 Å². The van der Waals surface area contributed by atoms with Gasteiger partial charge in [0, 0.05) is 16.8 Å². The Morgan fingerprint density at radius 3 is 2.77 bits per heavy atom. The Labute approximate surface area is 153 Å². The fourth-order valence-electron chi connectivity index (χ4n) is 3.19. The summed E-state index contributed by atoms with van der Waals surface area (Å²) in [6.07, 6.45) is 0. The summed E-state index contributed by atoms with van der Waals surface area (Å²) >= 11 is 0. The van der Waals surface area contributed by atoms with E-state index in [1.54, 1.807) is 6.07 Å². The smallest absolute Gasteiger partial charge is 0.269 e. The first-order valence-electron chi connectivity index (χ1n) is 8.44. The van der Waals surface area contributed by atoms with Crippen molar-refractivity contribution in [3.05, 3.63) is 58.7 Å². The van der Waals surface area contributed by atoms with Crippen molar-refractivity contribution in [1.29, 1.82) is 0 Å². The molecule has 0 bridgehead atoms. The Morgan fingerprint density at radius 1 is 1.15 bits per heavy atom. The molecule has 0 fully saturated rings. The van der Waals surface area contributed by atoms with Crippen molar-refractivity contribution in [2.24, 2.45) is 0 Å². The van der Waals surface area contributed by atoms with Gasteiger partial charge in [-0.15, -0.1) is 0 Å². The lowest BCUT2D eigenvalue weighted by atomic mass is 10.1. The van der Waals surface area contributed by atoms with Gasteiger partial charge in [-0.05, 0) is 56.2 Å². The topological polar surface area (TPSA) is 71.8 Å². The van der Waals surface area contributed by atoms with Crippen LogP contribution in [0.3, 0.4) is 0 Å². The summed E-state index contributed by atoms with van der Waals surface area (Å²) in [7, 11) is 5.99. The van der Waals surface area contributed by atoms with Crippen LogP contribution in [0.15, 0.2) is 36.4 Å². The SMILES string of the molecule is [B]n1nc(-c2cc(C)ccc2C)nc1Nc1ccc2c(c1)C(C)NC2=O. The molecule has 1 unspecified atom stereocenters. The Balaban J connectivity index is 1.66. The molecule has 26 heavy (non-hydrogen) atoms. The third kappa shape index (κ3) is 2.75. The highest BCUT2D eigenvalue weighted by molar-refractivity contribution is 6.07. The molecule has 2 aromatic carbocycles. The number of carbonyl (C=O) groups excluding carboxylic acids is 1. The number of fused-ring (bicyclic) bond motifs is 1. The summed E-state index contributed by atoms with van der Waals surface area (Å²) in [5.74, 6) is 0.964. The van der Waals surface area contributed by atoms with E-state index in [2.05, 4.69) is 26.8 Å². The van der Waals surface area contributed by atoms with Gasteiger partial charge in [-0.25, -0.2) is 0 Å². The number of nitrogens with zero attached hydrogens (tertiary/aromatic N) is 3. The lowest BCUT2D eigenvalue weighted by molar-refractivity contribution is 0.0958. The van der Waals surface area contributed by atoms with Crippen molar-refractivity contribution in [2.45, 2.75) is 26.8 Å². The van der Waals surface area contributed by atoms with Crippen LogP contribution in [-0.2, 0) is 0 Å². The maximum Gasteiger partial charge on any atom is 0.269 e. The molecule has 1 atom stereocenters. The van der Waals surface area contributed by atoms with Gasteiger partial charge in [-0.3, -0.25) is 9.39 Å². The first-order chi connectivity index (χ1) is 12.4. The fourth-order valence-corrected chi connectivity index (χ4v) is 3.19. The lowest BCUT2D eigenvalue weighted by Crippen LogP contribution is -2.16. The van der Waals surface area contributed by atoms with Gasteiger partial charge in [0.2, 0.25) is 5.95 Å². The molecule has 1 aliphatic heterocycles. The van der Waals surface area contributed by atoms with E-state index in [0.717, 1.165) is 27.9 Å². The minimum absolute atomic E-state index is 0.0134. The maximum atomic E-state index is 11.8. The molecule has 2 N–H and O–H groups in total. The van der Waals surface area contributed by atoms with Crippen molar-refractivity contribution in [3.63, 3.8) is 0 Å². The van der Waals surface area contributed by atoms with Crippen LogP contribution >= 0.6 is 0 Å². The van der Waals surface area contributed by atoms with Gasteiger partial charge in [0.1, 0.15) is 0 Å². The van der Waals surface area contributed by atoms with E-state index in [1.807, 2.05) is 45.0 Å². The van der Waals surface area contributed by atoms with Gasteiger partial charge >= 0.3 is 0 Å². The summed E-state index contributed by atoms with van der Waals surface area (Å²) in [5, 5.41) is 10.4. The highest BCUT2D eigenvalue weighted by atomic mass is 16.2. The molecule has 3 aromatic rings. The Morgan fingerprint density at radius 2 is 1.96 bits per heavy atom. The van der Waals surface area contributed by atoms with Gasteiger partial charge in [-0.1, -0.05) is 17.7 Å². The molecule has 1 amide bonds. The highest BCUT2D eigenvalue weighted by Crippen LogP contribution is 2.29. The zero-order valence-corrected chi connectivity index (χ0v) is 14.9. The zero-order valence-electron chi connectivity index (χ0n) is 14.9. The van der Waals surface area contributed by atoms with E-state index in [-0.39, 0.29) is 11.9 Å². The van der Waals surface area contributed by atoms with Gasteiger partial charge in [0.25, 0.3) is 13.9 Å². The van der Waals surface area contributed by atoms with Crippen LogP contribution in [0.5, 0.6) is 0 Å². The second kappa shape index (κ2) is 6.02. The Kier molecular flexibility index (Phi) is 3.79.